The van der Waals surface area contributed by atoms with Crippen molar-refractivity contribution in [3.63, 3.8) is 0 Å². The lowest BCUT2D eigenvalue weighted by Gasteiger charge is -2.32. The van der Waals surface area contributed by atoms with Crippen molar-refractivity contribution in [2.45, 2.75) is 138 Å². The van der Waals surface area contributed by atoms with Gasteiger partial charge in [-0.3, -0.25) is 34.0 Å². The van der Waals surface area contributed by atoms with E-state index in [1.54, 1.807) is 89.5 Å². The maximum absolute atomic E-state index is 15.1. The van der Waals surface area contributed by atoms with Gasteiger partial charge in [-0.25, -0.2) is 15.1 Å². The van der Waals surface area contributed by atoms with Crippen molar-refractivity contribution in [1.29, 1.82) is 0 Å². The Bertz CT molecular complexity index is 2490. The number of hydrogen-bond donors (Lipinski definition) is 5. The number of ketones is 3. The van der Waals surface area contributed by atoms with E-state index >= 15 is 9.59 Å². The Hall–Kier alpha value is -6.82. The molecule has 18 heteroatoms. The lowest BCUT2D eigenvalue weighted by Crippen LogP contribution is -2.46. The molecule has 1 aliphatic heterocycles. The fourth-order valence-electron chi connectivity index (χ4n) is 8.36. The molecule has 0 unspecified atom stereocenters. The molecule has 18 nitrogen and oxygen atoms in total. The number of carbonyl (C=O) groups excluding carboxylic acids is 8. The first kappa shape index (κ1) is 58.7. The van der Waals surface area contributed by atoms with Gasteiger partial charge in [0.25, 0.3) is 0 Å². The summed E-state index contributed by atoms with van der Waals surface area (Å²) in [6.45, 7) is 19.3. The second kappa shape index (κ2) is 26.2. The van der Waals surface area contributed by atoms with Gasteiger partial charge < -0.3 is 39.8 Å². The van der Waals surface area contributed by atoms with Crippen LogP contribution in [0.3, 0.4) is 0 Å². The molecule has 0 radical (unpaired) electrons. The highest BCUT2D eigenvalue weighted by Gasteiger charge is 2.37. The monoisotopic (exact) mass is 1010 g/mol. The van der Waals surface area contributed by atoms with E-state index in [-0.39, 0.29) is 51.2 Å². The lowest BCUT2D eigenvalue weighted by molar-refractivity contribution is -0.142. The molecule has 1 heterocycles. The molecule has 0 saturated heterocycles. The highest BCUT2D eigenvalue weighted by molar-refractivity contribution is 6.01. The van der Waals surface area contributed by atoms with Crippen LogP contribution in [0.2, 0.25) is 0 Å². The van der Waals surface area contributed by atoms with E-state index < -0.39 is 88.9 Å². The van der Waals surface area contributed by atoms with Gasteiger partial charge in [0.05, 0.1) is 19.2 Å². The topological polar surface area (TPSA) is 245 Å². The third-order valence-corrected chi connectivity index (χ3v) is 12.0. The largest absolute Gasteiger partial charge is 0.493 e. The molecular weight excluding hydrogens is 939 g/mol. The fraction of sp³-hybridized carbons (Fsp3) is 0.527. The number of hydroxylamine groups is 1. The van der Waals surface area contributed by atoms with Gasteiger partial charge in [-0.15, -0.1) is 0 Å². The molecule has 5 N–H and O–H groups in total. The van der Waals surface area contributed by atoms with Gasteiger partial charge in [0.15, 0.2) is 17.3 Å². The minimum Gasteiger partial charge on any atom is -0.493 e. The van der Waals surface area contributed by atoms with Crippen LogP contribution in [-0.4, -0.2) is 108 Å². The van der Waals surface area contributed by atoms with Gasteiger partial charge in [-0.05, 0) is 116 Å². The Kier molecular flexibility index (Phi) is 21.1. The summed E-state index contributed by atoms with van der Waals surface area (Å²) in [5.41, 5.74) is 3.96. The molecule has 4 bridgehead atoms. The summed E-state index contributed by atoms with van der Waals surface area (Å²) in [5.74, 6) is -5.67. The Balaban J connectivity index is 1.90. The standard InChI is InChI=1S/C55H75N5O13/c1-13-23-70-47-19-16-37-30-41(47)40-28-36(15-18-46(40)71-24-22-57-53(68)73-55(9,10)11)29-42(44(62)26-35(5)50(65)59-69)58-49(64)34(4)27-45(63)48(37)60(12)51(66)38(20-21-56-52(67)72-54(6,7)8)31-43(61)39-17-14-32(2)25-33(39)3/h14-19,25,28,30,34-35,38,42,48,69H,13,20-24,26-27,29,31H2,1-12H3,(H,56,67)(H,57,68)(H,58,64)(H,59,65)/t34-,35-,38-,42+,48+/m1/s1. The zero-order chi connectivity index (χ0) is 54.4. The summed E-state index contributed by atoms with van der Waals surface area (Å²) in [6.07, 6.45) is -1.74. The predicted octanol–water partition coefficient (Wildman–Crippen LogP) is 7.70. The molecule has 1 aliphatic rings. The summed E-state index contributed by atoms with van der Waals surface area (Å²) >= 11 is 0. The van der Waals surface area contributed by atoms with Crippen molar-refractivity contribution in [1.82, 2.24) is 26.3 Å². The predicted molar refractivity (Wildman–Crippen MR) is 273 cm³/mol. The van der Waals surface area contributed by atoms with Gasteiger partial charge >= 0.3 is 12.2 Å². The smallest absolute Gasteiger partial charge is 0.407 e. The van der Waals surface area contributed by atoms with Gasteiger partial charge in [-0.2, -0.15) is 0 Å². The fourth-order valence-corrected chi connectivity index (χ4v) is 8.36. The van der Waals surface area contributed by atoms with Crippen molar-refractivity contribution in [3.8, 4) is 22.6 Å². The van der Waals surface area contributed by atoms with E-state index in [0.717, 1.165) is 11.1 Å². The molecule has 0 spiro atoms. The minimum absolute atomic E-state index is 0.00188. The SMILES string of the molecule is CCCOc1ccc2cc1-c1cc(ccc1OCCNC(=O)OC(C)(C)C)C[C@@H](C(=O)C[C@@H](C)C(=O)NO)NC(=O)[C@H](C)CC(=O)[C@H]2N(C)C(=O)[C@H](CCNC(=O)OC(C)(C)C)CC(=O)c1ccc(C)cc1C. The number of rotatable bonds is 19. The molecule has 398 valence electrons. The Labute approximate surface area is 428 Å². The number of ether oxygens (including phenoxy) is 4. The minimum atomic E-state index is -1.34. The zero-order valence-electron chi connectivity index (χ0n) is 44.4. The molecule has 0 fully saturated rings. The summed E-state index contributed by atoms with van der Waals surface area (Å²) in [5, 5.41) is 17.5. The van der Waals surface area contributed by atoms with Gasteiger partial charge in [0.2, 0.25) is 17.7 Å². The molecular formula is C55H75N5O13. The molecule has 4 rings (SSSR count). The van der Waals surface area contributed by atoms with Crippen LogP contribution >= 0.6 is 0 Å². The highest BCUT2D eigenvalue weighted by atomic mass is 16.6. The number of alkyl carbamates (subject to hydrolysis) is 2. The lowest BCUT2D eigenvalue weighted by atomic mass is 9.87. The molecule has 73 heavy (non-hydrogen) atoms. The Morgan fingerprint density at radius 3 is 2.00 bits per heavy atom. The summed E-state index contributed by atoms with van der Waals surface area (Å²) in [6, 6.07) is 13.1. The van der Waals surface area contributed by atoms with E-state index in [1.807, 2.05) is 32.9 Å². The molecule has 3 aromatic carbocycles. The van der Waals surface area contributed by atoms with Crippen LogP contribution in [-0.2, 0) is 39.9 Å². The van der Waals surface area contributed by atoms with E-state index in [2.05, 4.69) is 16.0 Å². The number of amides is 5. The van der Waals surface area contributed by atoms with Crippen molar-refractivity contribution in [2.75, 3.05) is 33.4 Å². The molecule has 0 aliphatic carbocycles. The van der Waals surface area contributed by atoms with Crippen LogP contribution in [0.25, 0.3) is 11.1 Å². The first-order valence-electron chi connectivity index (χ1n) is 24.8. The maximum atomic E-state index is 15.1. The van der Waals surface area contributed by atoms with E-state index in [1.165, 1.54) is 25.8 Å². The number of aryl methyl sites for hydroxylation is 2. The molecule has 3 aromatic rings. The third kappa shape index (κ3) is 17.7. The summed E-state index contributed by atoms with van der Waals surface area (Å²) in [7, 11) is 1.46. The third-order valence-electron chi connectivity index (χ3n) is 12.0. The Morgan fingerprint density at radius 2 is 1.40 bits per heavy atom. The average molecular weight is 1010 g/mol. The van der Waals surface area contributed by atoms with Crippen molar-refractivity contribution < 1.29 is 62.5 Å². The first-order chi connectivity index (χ1) is 34.2. The maximum Gasteiger partial charge on any atom is 0.407 e. The number of carbonyl (C=O) groups is 8. The van der Waals surface area contributed by atoms with Crippen LogP contribution in [0.4, 0.5) is 9.59 Å². The molecule has 5 amide bonds. The van der Waals surface area contributed by atoms with Crippen LogP contribution in [0, 0.1) is 31.6 Å². The number of fused-ring (bicyclic) bond motifs is 5. The quantitative estimate of drug-likeness (QED) is 0.0335. The number of hydrogen-bond acceptors (Lipinski definition) is 13. The van der Waals surface area contributed by atoms with Crippen molar-refractivity contribution in [2.24, 2.45) is 17.8 Å². The molecule has 0 aromatic heterocycles. The van der Waals surface area contributed by atoms with Crippen LogP contribution in [0.5, 0.6) is 11.5 Å². The number of Topliss-reactive ketones (excluding diaryl/α,β-unsaturated/α-hetero) is 3. The van der Waals surface area contributed by atoms with E-state index in [4.69, 9.17) is 18.9 Å². The van der Waals surface area contributed by atoms with Crippen LogP contribution < -0.4 is 30.9 Å². The second-order valence-corrected chi connectivity index (χ2v) is 20.8. The van der Waals surface area contributed by atoms with Gasteiger partial charge in [0.1, 0.15) is 35.3 Å². The van der Waals surface area contributed by atoms with Crippen molar-refractivity contribution >= 4 is 47.3 Å². The molecule has 0 saturated carbocycles. The van der Waals surface area contributed by atoms with Crippen LogP contribution in [0.15, 0.2) is 54.6 Å². The van der Waals surface area contributed by atoms with Crippen LogP contribution in [0.1, 0.15) is 133 Å². The zero-order valence-corrected chi connectivity index (χ0v) is 44.4. The first-order valence-corrected chi connectivity index (χ1v) is 24.8. The van der Waals surface area contributed by atoms with Gasteiger partial charge in [-0.1, -0.05) is 56.7 Å². The molecule has 5 atom stereocenters. The number of nitrogens with zero attached hydrogens (tertiary/aromatic N) is 1. The number of likely N-dealkylation sites (N-methyl/N-ethyl adjacent to an activating group) is 1. The normalized spacial score (nSPS) is 16.9. The van der Waals surface area contributed by atoms with Crippen molar-refractivity contribution in [3.05, 3.63) is 82.4 Å². The second-order valence-electron chi connectivity index (χ2n) is 20.8. The van der Waals surface area contributed by atoms with E-state index in [0.29, 0.717) is 52.3 Å². The van der Waals surface area contributed by atoms with E-state index in [9.17, 15) is 34.0 Å². The van der Waals surface area contributed by atoms with Gasteiger partial charge in [0, 0.05) is 67.3 Å². The average Bonchev–Trinajstić information content (AvgIpc) is 3.30. The number of nitrogens with one attached hydrogen (secondary N) is 4. The summed E-state index contributed by atoms with van der Waals surface area (Å²) < 4.78 is 23.4. The summed E-state index contributed by atoms with van der Waals surface area (Å²) in [4.78, 5) is 111. The Morgan fingerprint density at radius 1 is 0.795 bits per heavy atom. The number of benzene rings is 3. The highest BCUT2D eigenvalue weighted by Crippen LogP contribution is 2.41.